The van der Waals surface area contributed by atoms with Crippen LogP contribution in [-0.2, 0) is 17.8 Å². The maximum absolute atomic E-state index is 12.0. The Bertz CT molecular complexity index is 887. The van der Waals surface area contributed by atoms with E-state index in [1.165, 1.54) is 0 Å². The van der Waals surface area contributed by atoms with Crippen LogP contribution in [0.25, 0.3) is 11.4 Å². The summed E-state index contributed by atoms with van der Waals surface area (Å²) in [6, 6.07) is 13.1. The Kier molecular flexibility index (Phi) is 5.91. The summed E-state index contributed by atoms with van der Waals surface area (Å²) in [4.78, 5) is 16.3. The molecular weight excluding hydrogens is 373 g/mol. The number of amides is 1. The fourth-order valence-corrected chi connectivity index (χ4v) is 3.01. The smallest absolute Gasteiger partial charge is 0.246 e. The first-order valence-electron chi connectivity index (χ1n) is 8.12. The van der Waals surface area contributed by atoms with Gasteiger partial charge in [0.05, 0.1) is 6.54 Å². The minimum absolute atomic E-state index is 0.143. The van der Waals surface area contributed by atoms with Crippen LogP contribution in [0, 0.1) is 6.92 Å². The number of rotatable bonds is 6. The number of benzene rings is 2. The van der Waals surface area contributed by atoms with Gasteiger partial charge in [0.2, 0.25) is 17.6 Å². The molecule has 1 heterocycles. The molecule has 0 fully saturated rings. The van der Waals surface area contributed by atoms with Crippen LogP contribution in [0.1, 0.15) is 23.4 Å². The molecule has 3 rings (SSSR count). The predicted molar refractivity (Wildman–Crippen MR) is 101 cm³/mol. The highest BCUT2D eigenvalue weighted by Gasteiger charge is 2.11. The van der Waals surface area contributed by atoms with Gasteiger partial charge < -0.3 is 9.84 Å². The molecule has 0 radical (unpaired) electrons. The van der Waals surface area contributed by atoms with Crippen LogP contribution < -0.4 is 5.32 Å². The molecule has 0 unspecified atom stereocenters. The summed E-state index contributed by atoms with van der Waals surface area (Å²) in [5.74, 6) is 0.706. The van der Waals surface area contributed by atoms with Crippen molar-refractivity contribution in [3.63, 3.8) is 0 Å². The molecule has 2 aromatic carbocycles. The third-order valence-electron chi connectivity index (χ3n) is 3.88. The number of hydrogen-bond donors (Lipinski definition) is 1. The van der Waals surface area contributed by atoms with E-state index in [1.54, 1.807) is 18.2 Å². The van der Waals surface area contributed by atoms with Crippen molar-refractivity contribution in [1.29, 1.82) is 0 Å². The summed E-state index contributed by atoms with van der Waals surface area (Å²) >= 11 is 12.2. The quantitative estimate of drug-likeness (QED) is 0.668. The average Bonchev–Trinajstić information content (AvgIpc) is 3.09. The third kappa shape index (κ3) is 4.62. The lowest BCUT2D eigenvalue weighted by atomic mass is 10.1. The number of aromatic nitrogens is 2. The lowest BCUT2D eigenvalue weighted by Gasteiger charge is -2.06. The molecule has 0 spiro atoms. The van der Waals surface area contributed by atoms with Crippen molar-refractivity contribution in [3.05, 3.63) is 69.5 Å². The Morgan fingerprint density at radius 1 is 1.12 bits per heavy atom. The van der Waals surface area contributed by atoms with Gasteiger partial charge in [-0.1, -0.05) is 64.3 Å². The van der Waals surface area contributed by atoms with Crippen LogP contribution in [0.3, 0.4) is 0 Å². The van der Waals surface area contributed by atoms with Gasteiger partial charge >= 0.3 is 0 Å². The first kappa shape index (κ1) is 18.4. The fraction of sp³-hybridized carbons (Fsp3) is 0.211. The normalized spacial score (nSPS) is 10.7. The molecule has 134 valence electrons. The van der Waals surface area contributed by atoms with Crippen molar-refractivity contribution in [2.24, 2.45) is 0 Å². The van der Waals surface area contributed by atoms with Gasteiger partial charge in [-0.3, -0.25) is 4.79 Å². The molecule has 1 aromatic heterocycles. The molecule has 7 heteroatoms. The topological polar surface area (TPSA) is 68.0 Å². The highest BCUT2D eigenvalue weighted by molar-refractivity contribution is 6.36. The molecule has 0 aliphatic heterocycles. The minimum Gasteiger partial charge on any atom is -0.347 e. The summed E-state index contributed by atoms with van der Waals surface area (Å²) in [5, 5.41) is 7.82. The molecule has 0 bridgehead atoms. The Morgan fingerprint density at radius 3 is 2.50 bits per heavy atom. The number of aryl methyl sites for hydroxylation is 1. The second kappa shape index (κ2) is 8.34. The van der Waals surface area contributed by atoms with Gasteiger partial charge in [0, 0.05) is 22.0 Å². The average molecular weight is 390 g/mol. The number of hydrogen-bond acceptors (Lipinski definition) is 4. The van der Waals surface area contributed by atoms with Gasteiger partial charge in [-0.15, -0.1) is 0 Å². The highest BCUT2D eigenvalue weighted by Crippen LogP contribution is 2.25. The van der Waals surface area contributed by atoms with Crippen molar-refractivity contribution >= 4 is 29.1 Å². The van der Waals surface area contributed by atoms with Gasteiger partial charge in [0.1, 0.15) is 0 Å². The van der Waals surface area contributed by atoms with Gasteiger partial charge in [-0.25, -0.2) is 0 Å². The van der Waals surface area contributed by atoms with E-state index in [9.17, 15) is 4.79 Å². The first-order valence-corrected chi connectivity index (χ1v) is 8.88. The van der Waals surface area contributed by atoms with Crippen LogP contribution in [0.2, 0.25) is 10.0 Å². The Balaban J connectivity index is 1.53. The number of nitrogens with zero attached hydrogens (tertiary/aromatic N) is 2. The van der Waals surface area contributed by atoms with E-state index in [1.807, 2.05) is 31.2 Å². The van der Waals surface area contributed by atoms with Crippen molar-refractivity contribution in [2.45, 2.75) is 26.3 Å². The maximum atomic E-state index is 12.0. The van der Waals surface area contributed by atoms with Crippen molar-refractivity contribution in [1.82, 2.24) is 15.5 Å². The Morgan fingerprint density at radius 2 is 1.81 bits per heavy atom. The molecule has 0 aliphatic carbocycles. The lowest BCUT2D eigenvalue weighted by Crippen LogP contribution is -2.23. The summed E-state index contributed by atoms with van der Waals surface area (Å²) in [6.45, 7) is 2.19. The zero-order valence-corrected chi connectivity index (χ0v) is 15.6. The minimum atomic E-state index is -0.143. The van der Waals surface area contributed by atoms with E-state index >= 15 is 0 Å². The largest absolute Gasteiger partial charge is 0.347 e. The SMILES string of the molecule is Cc1ccc(-c2noc(CNC(=O)CCc3c(Cl)cccc3Cl)n2)cc1. The standard InChI is InChI=1S/C19H17Cl2N3O2/c1-12-5-7-13(8-6-12)19-23-18(26-24-19)11-22-17(25)10-9-14-15(20)3-2-4-16(14)21/h2-8H,9-11H2,1H3,(H,22,25). The van der Waals surface area contributed by atoms with E-state index in [0.29, 0.717) is 28.2 Å². The van der Waals surface area contributed by atoms with Crippen molar-refractivity contribution in [3.8, 4) is 11.4 Å². The number of halogens is 2. The Labute approximate surface area is 161 Å². The zero-order valence-electron chi connectivity index (χ0n) is 14.1. The summed E-state index contributed by atoms with van der Waals surface area (Å²) in [5.41, 5.74) is 2.79. The number of nitrogens with one attached hydrogen (secondary N) is 1. The molecule has 3 aromatic rings. The van der Waals surface area contributed by atoms with Crippen molar-refractivity contribution in [2.75, 3.05) is 0 Å². The van der Waals surface area contributed by atoms with E-state index in [0.717, 1.165) is 16.7 Å². The first-order chi connectivity index (χ1) is 12.5. The van der Waals surface area contributed by atoms with Crippen LogP contribution in [0.4, 0.5) is 0 Å². The molecule has 0 atom stereocenters. The fourth-order valence-electron chi connectivity index (χ4n) is 2.42. The van der Waals surface area contributed by atoms with E-state index in [2.05, 4.69) is 15.5 Å². The molecule has 26 heavy (non-hydrogen) atoms. The third-order valence-corrected chi connectivity index (χ3v) is 4.59. The maximum Gasteiger partial charge on any atom is 0.246 e. The van der Waals surface area contributed by atoms with E-state index in [4.69, 9.17) is 27.7 Å². The van der Waals surface area contributed by atoms with E-state index < -0.39 is 0 Å². The van der Waals surface area contributed by atoms with Gasteiger partial charge in [0.15, 0.2) is 0 Å². The molecule has 1 amide bonds. The van der Waals surface area contributed by atoms with Crippen molar-refractivity contribution < 1.29 is 9.32 Å². The molecule has 0 saturated carbocycles. The van der Waals surface area contributed by atoms with Gasteiger partial charge in [-0.2, -0.15) is 4.98 Å². The van der Waals surface area contributed by atoms with Crippen LogP contribution in [0.5, 0.6) is 0 Å². The van der Waals surface area contributed by atoms with E-state index in [-0.39, 0.29) is 18.9 Å². The Hall–Kier alpha value is -2.37. The monoisotopic (exact) mass is 389 g/mol. The van der Waals surface area contributed by atoms with Gasteiger partial charge in [-0.05, 0) is 31.0 Å². The zero-order chi connectivity index (χ0) is 18.5. The molecule has 5 nitrogen and oxygen atoms in total. The van der Waals surface area contributed by atoms with Crippen LogP contribution in [-0.4, -0.2) is 16.0 Å². The number of carbonyl (C=O) groups is 1. The molecule has 1 N–H and O–H groups in total. The van der Waals surface area contributed by atoms with Crippen LogP contribution in [0.15, 0.2) is 47.0 Å². The van der Waals surface area contributed by atoms with Gasteiger partial charge in [0.25, 0.3) is 0 Å². The number of carbonyl (C=O) groups excluding carboxylic acids is 1. The highest BCUT2D eigenvalue weighted by atomic mass is 35.5. The lowest BCUT2D eigenvalue weighted by molar-refractivity contribution is -0.121. The summed E-state index contributed by atoms with van der Waals surface area (Å²) in [6.07, 6.45) is 0.727. The summed E-state index contributed by atoms with van der Waals surface area (Å²) < 4.78 is 5.18. The van der Waals surface area contributed by atoms with Crippen LogP contribution >= 0.6 is 23.2 Å². The molecule has 0 saturated heterocycles. The second-order valence-corrected chi connectivity index (χ2v) is 6.67. The predicted octanol–water partition coefficient (Wildman–Crippen LogP) is 4.60. The molecule has 0 aliphatic rings. The second-order valence-electron chi connectivity index (χ2n) is 5.85. The molecular formula is C19H17Cl2N3O2. The summed E-state index contributed by atoms with van der Waals surface area (Å²) in [7, 11) is 0.